The number of hydrogen-bond donors (Lipinski definition) is 2. The zero-order valence-corrected chi connectivity index (χ0v) is 18.0. The fourth-order valence-electron chi connectivity index (χ4n) is 3.47. The maximum absolute atomic E-state index is 12.3. The molecule has 0 radical (unpaired) electrons. The molecule has 1 aliphatic carbocycles. The van der Waals surface area contributed by atoms with Crippen LogP contribution in [0.1, 0.15) is 52.1 Å². The van der Waals surface area contributed by atoms with Crippen LogP contribution >= 0.6 is 24.0 Å². The second-order valence-electron chi connectivity index (χ2n) is 7.43. The number of rotatable bonds is 6. The molecule has 1 saturated heterocycles. The molecule has 0 unspecified atom stereocenters. The van der Waals surface area contributed by atoms with Gasteiger partial charge in [-0.1, -0.05) is 23.8 Å². The minimum atomic E-state index is -0.528. The Labute approximate surface area is 184 Å². The first kappa shape index (κ1) is 20.7. The fraction of sp³-hybridized carbons (Fsp3) is 0.500. The lowest BCUT2D eigenvalue weighted by atomic mass is 10.0. The molecule has 2 heterocycles. The van der Waals surface area contributed by atoms with E-state index in [0.717, 1.165) is 42.8 Å². The lowest BCUT2D eigenvalue weighted by Gasteiger charge is -2.23. The molecule has 8 heteroatoms. The summed E-state index contributed by atoms with van der Waals surface area (Å²) < 4.78 is 1.79. The van der Waals surface area contributed by atoms with Crippen molar-refractivity contribution in [3.05, 3.63) is 41.7 Å². The van der Waals surface area contributed by atoms with Crippen molar-refractivity contribution in [2.75, 3.05) is 6.54 Å². The summed E-state index contributed by atoms with van der Waals surface area (Å²) in [4.78, 5) is 12.3. The zero-order valence-electron chi connectivity index (χ0n) is 15.7. The molecule has 4 rings (SSSR count). The van der Waals surface area contributed by atoms with Gasteiger partial charge in [-0.15, -0.1) is 29.1 Å². The van der Waals surface area contributed by atoms with Crippen LogP contribution in [0.5, 0.6) is 0 Å². The standard InChI is InChI=1S/C20H24N6O.HI.2H2/c21-12-16(23-20(27)18-3-1-2-10-22-18)11-14-4-8-17(9-5-14)26-13-19(24-25-26)15-6-7-15;;;/h4-5,8-9,13,15-16,18,22H,1-3,6-7,10-11H2,(H,23,27);3*1H/t16-,18-;;;/m0.../s1. The molecule has 1 aromatic heterocycles. The Morgan fingerprint density at radius 1 is 1.32 bits per heavy atom. The fourth-order valence-corrected chi connectivity index (χ4v) is 3.47. The van der Waals surface area contributed by atoms with Gasteiger partial charge in [-0.25, -0.2) is 4.68 Å². The number of amides is 1. The molecule has 2 aliphatic rings. The van der Waals surface area contributed by atoms with E-state index in [2.05, 4.69) is 27.0 Å². The predicted octanol–water partition coefficient (Wildman–Crippen LogP) is 2.95. The molecule has 152 valence electrons. The Bertz CT molecular complexity index is 844. The number of nitrogens with one attached hydrogen (secondary N) is 2. The Balaban J connectivity index is 0.00000150. The zero-order chi connectivity index (χ0) is 18.6. The largest absolute Gasteiger partial charge is 0.339 e. The minimum Gasteiger partial charge on any atom is -0.339 e. The molecule has 2 atom stereocenters. The number of piperidine rings is 1. The summed E-state index contributed by atoms with van der Waals surface area (Å²) in [5.41, 5.74) is 3.01. The van der Waals surface area contributed by atoms with Crippen LogP contribution < -0.4 is 10.6 Å². The van der Waals surface area contributed by atoms with Crippen molar-refractivity contribution in [2.45, 2.75) is 56.5 Å². The highest BCUT2D eigenvalue weighted by atomic mass is 127. The Morgan fingerprint density at radius 2 is 2.11 bits per heavy atom. The minimum absolute atomic E-state index is 0. The van der Waals surface area contributed by atoms with Gasteiger partial charge in [-0.05, 0) is 49.9 Å². The summed E-state index contributed by atoms with van der Waals surface area (Å²) in [5.74, 6) is 0.504. The molecule has 2 aromatic rings. The molecule has 1 aromatic carbocycles. The van der Waals surface area contributed by atoms with Crippen molar-refractivity contribution in [1.29, 1.82) is 5.26 Å². The number of hydrogen-bond acceptors (Lipinski definition) is 5. The van der Waals surface area contributed by atoms with Gasteiger partial charge in [-0.3, -0.25) is 4.79 Å². The number of nitriles is 1. The first-order valence-electron chi connectivity index (χ1n) is 9.68. The predicted molar refractivity (Wildman–Crippen MR) is 120 cm³/mol. The summed E-state index contributed by atoms with van der Waals surface area (Å²) in [6, 6.07) is 9.39. The Hall–Kier alpha value is -1.99. The van der Waals surface area contributed by atoms with Crippen LogP contribution in [0, 0.1) is 11.3 Å². The van der Waals surface area contributed by atoms with Crippen LogP contribution in [0.4, 0.5) is 0 Å². The quantitative estimate of drug-likeness (QED) is 0.600. The van der Waals surface area contributed by atoms with E-state index in [-0.39, 0.29) is 38.8 Å². The summed E-state index contributed by atoms with van der Waals surface area (Å²) in [6.45, 7) is 0.863. The number of halogens is 1. The van der Waals surface area contributed by atoms with E-state index in [1.54, 1.807) is 4.68 Å². The van der Waals surface area contributed by atoms with Gasteiger partial charge in [0.25, 0.3) is 0 Å². The second kappa shape index (κ2) is 9.47. The van der Waals surface area contributed by atoms with Crippen LogP contribution in [-0.4, -0.2) is 39.5 Å². The highest BCUT2D eigenvalue weighted by molar-refractivity contribution is 14.0. The van der Waals surface area contributed by atoms with E-state index in [0.29, 0.717) is 12.3 Å². The summed E-state index contributed by atoms with van der Waals surface area (Å²) in [6.07, 6.45) is 7.87. The van der Waals surface area contributed by atoms with Crippen molar-refractivity contribution < 1.29 is 7.65 Å². The van der Waals surface area contributed by atoms with Gasteiger partial charge < -0.3 is 10.6 Å². The Morgan fingerprint density at radius 3 is 2.75 bits per heavy atom. The lowest BCUT2D eigenvalue weighted by Crippen LogP contribution is -2.49. The number of carbonyl (C=O) groups excluding carboxylic acids is 1. The normalized spacial score (nSPS) is 19.9. The molecule has 2 N–H and O–H groups in total. The van der Waals surface area contributed by atoms with Crippen LogP contribution in [0.25, 0.3) is 5.69 Å². The molecule has 1 aliphatic heterocycles. The van der Waals surface area contributed by atoms with Gasteiger partial charge in [0.05, 0.1) is 29.7 Å². The van der Waals surface area contributed by atoms with E-state index in [4.69, 9.17) is 0 Å². The highest BCUT2D eigenvalue weighted by Crippen LogP contribution is 2.38. The summed E-state index contributed by atoms with van der Waals surface area (Å²) >= 11 is 0. The molecule has 0 spiro atoms. The van der Waals surface area contributed by atoms with Crippen molar-refractivity contribution in [3.8, 4) is 11.8 Å². The molecule has 28 heavy (non-hydrogen) atoms. The first-order valence-corrected chi connectivity index (χ1v) is 9.68. The van der Waals surface area contributed by atoms with Gasteiger partial charge in [0.1, 0.15) is 6.04 Å². The highest BCUT2D eigenvalue weighted by Gasteiger charge is 2.26. The molecular weight excluding hydrogens is 467 g/mol. The maximum atomic E-state index is 12.3. The summed E-state index contributed by atoms with van der Waals surface area (Å²) in [5, 5.41) is 23.9. The monoisotopic (exact) mass is 496 g/mol. The van der Waals surface area contributed by atoms with Crippen LogP contribution in [0.3, 0.4) is 0 Å². The topological polar surface area (TPSA) is 95.6 Å². The Kier molecular flexibility index (Phi) is 7.02. The third-order valence-corrected chi connectivity index (χ3v) is 5.25. The van der Waals surface area contributed by atoms with Gasteiger partial charge in [0.2, 0.25) is 5.91 Å². The molecule has 7 nitrogen and oxygen atoms in total. The third kappa shape index (κ3) is 5.08. The number of nitrogens with zero attached hydrogens (tertiary/aromatic N) is 4. The van der Waals surface area contributed by atoms with Crippen molar-refractivity contribution in [2.24, 2.45) is 0 Å². The molecule has 2 fully saturated rings. The van der Waals surface area contributed by atoms with Crippen LogP contribution in [-0.2, 0) is 11.2 Å². The van der Waals surface area contributed by atoms with Gasteiger partial charge in [0, 0.05) is 15.2 Å². The van der Waals surface area contributed by atoms with Crippen molar-refractivity contribution >= 4 is 29.9 Å². The first-order chi connectivity index (χ1) is 13.2. The SMILES string of the molecule is I.N#C[C@H](Cc1ccc(-n2cc(C3CC3)nn2)cc1)NC(=O)[C@@H]1CCCCN1.[HH].[HH]. The van der Waals surface area contributed by atoms with E-state index < -0.39 is 6.04 Å². The molecular formula is C20H29IN6O. The molecule has 1 saturated carbocycles. The maximum Gasteiger partial charge on any atom is 0.238 e. The number of carbonyl (C=O) groups is 1. The third-order valence-electron chi connectivity index (χ3n) is 5.25. The molecule has 0 bridgehead atoms. The van der Waals surface area contributed by atoms with E-state index in [1.807, 2.05) is 30.5 Å². The van der Waals surface area contributed by atoms with E-state index in [1.165, 1.54) is 12.8 Å². The number of aromatic nitrogens is 3. The lowest BCUT2D eigenvalue weighted by molar-refractivity contribution is -0.124. The van der Waals surface area contributed by atoms with Crippen LogP contribution in [0.2, 0.25) is 0 Å². The van der Waals surface area contributed by atoms with E-state index >= 15 is 0 Å². The van der Waals surface area contributed by atoms with Crippen LogP contribution in [0.15, 0.2) is 30.5 Å². The van der Waals surface area contributed by atoms with Gasteiger partial charge >= 0.3 is 0 Å². The second-order valence-corrected chi connectivity index (χ2v) is 7.43. The van der Waals surface area contributed by atoms with Crippen molar-refractivity contribution in [3.63, 3.8) is 0 Å². The van der Waals surface area contributed by atoms with Gasteiger partial charge in [-0.2, -0.15) is 5.26 Å². The molecule has 1 amide bonds. The average Bonchev–Trinajstić information content (AvgIpc) is 3.45. The van der Waals surface area contributed by atoms with Crippen molar-refractivity contribution in [1.82, 2.24) is 25.6 Å². The average molecular weight is 496 g/mol. The smallest absolute Gasteiger partial charge is 0.238 e. The van der Waals surface area contributed by atoms with E-state index in [9.17, 15) is 10.1 Å². The van der Waals surface area contributed by atoms with Gasteiger partial charge in [0.15, 0.2) is 0 Å². The number of benzene rings is 1. The summed E-state index contributed by atoms with van der Waals surface area (Å²) in [7, 11) is 0.